The van der Waals surface area contributed by atoms with Crippen LogP contribution in [-0.2, 0) is 6.54 Å². The van der Waals surface area contributed by atoms with E-state index in [0.29, 0.717) is 5.56 Å². The number of nitrogens with one attached hydrogen (secondary N) is 1. The van der Waals surface area contributed by atoms with Gasteiger partial charge in [-0.25, -0.2) is 4.39 Å². The lowest BCUT2D eigenvalue weighted by atomic mass is 10.1. The molecule has 1 aromatic carbocycles. The molecule has 0 radical (unpaired) electrons. The van der Waals surface area contributed by atoms with Crippen molar-refractivity contribution in [1.82, 2.24) is 5.32 Å². The van der Waals surface area contributed by atoms with Crippen molar-refractivity contribution in [2.24, 2.45) is 0 Å². The van der Waals surface area contributed by atoms with Crippen LogP contribution in [0.2, 0.25) is 0 Å². The molecule has 0 amide bonds. The van der Waals surface area contributed by atoms with Crippen LogP contribution in [0.25, 0.3) is 0 Å². The van der Waals surface area contributed by atoms with Gasteiger partial charge in [0.05, 0.1) is 17.6 Å². The summed E-state index contributed by atoms with van der Waals surface area (Å²) < 4.78 is 13.1. The molecule has 17 heavy (non-hydrogen) atoms. The summed E-state index contributed by atoms with van der Waals surface area (Å²) in [5.74, 6) is -0.641. The molecular weight excluding hydrogens is 227 g/mol. The molecule has 0 saturated heterocycles. The zero-order chi connectivity index (χ0) is 13.1. The van der Waals surface area contributed by atoms with E-state index in [4.69, 9.17) is 5.11 Å². The number of non-ortho nitro benzene ring substituents is 1. The molecule has 1 rings (SSSR count). The minimum atomic E-state index is -0.641. The highest BCUT2D eigenvalue weighted by molar-refractivity contribution is 5.35. The Morgan fingerprint density at radius 1 is 1.47 bits per heavy atom. The largest absolute Gasteiger partial charge is 0.394 e. The fraction of sp³-hybridized carbons (Fsp3) is 0.455. The molecule has 0 aliphatic rings. The molecule has 0 heterocycles. The van der Waals surface area contributed by atoms with Crippen LogP contribution in [0, 0.1) is 15.9 Å². The minimum absolute atomic E-state index is 0.0790. The second-order valence-electron chi connectivity index (χ2n) is 4.47. The Balaban J connectivity index is 2.81. The molecule has 0 aliphatic heterocycles. The first-order valence-electron chi connectivity index (χ1n) is 5.14. The molecule has 5 nitrogen and oxygen atoms in total. The molecule has 94 valence electrons. The minimum Gasteiger partial charge on any atom is -0.394 e. The Hall–Kier alpha value is -1.53. The summed E-state index contributed by atoms with van der Waals surface area (Å²) in [7, 11) is 0. The summed E-state index contributed by atoms with van der Waals surface area (Å²) in [6, 6.07) is 3.41. The van der Waals surface area contributed by atoms with Crippen LogP contribution in [0.4, 0.5) is 10.1 Å². The van der Waals surface area contributed by atoms with E-state index in [1.54, 1.807) is 13.8 Å². The number of rotatable bonds is 5. The average Bonchev–Trinajstić information content (AvgIpc) is 2.26. The van der Waals surface area contributed by atoms with E-state index in [1.807, 2.05) is 0 Å². The fourth-order valence-electron chi connectivity index (χ4n) is 1.24. The van der Waals surface area contributed by atoms with Gasteiger partial charge in [-0.3, -0.25) is 10.1 Å². The van der Waals surface area contributed by atoms with E-state index in [1.165, 1.54) is 12.1 Å². The van der Waals surface area contributed by atoms with Gasteiger partial charge in [0.2, 0.25) is 0 Å². The van der Waals surface area contributed by atoms with Gasteiger partial charge in [0.1, 0.15) is 5.82 Å². The molecule has 6 heteroatoms. The fourth-order valence-corrected chi connectivity index (χ4v) is 1.24. The summed E-state index contributed by atoms with van der Waals surface area (Å²) in [4.78, 5) is 9.91. The van der Waals surface area contributed by atoms with Crippen molar-refractivity contribution in [3.63, 3.8) is 0 Å². The van der Waals surface area contributed by atoms with E-state index >= 15 is 0 Å². The summed E-state index contributed by atoms with van der Waals surface area (Å²) in [5, 5.41) is 22.5. The zero-order valence-electron chi connectivity index (χ0n) is 9.74. The highest BCUT2D eigenvalue weighted by Crippen LogP contribution is 2.16. The first kappa shape index (κ1) is 13.5. The van der Waals surface area contributed by atoms with Crippen molar-refractivity contribution in [3.05, 3.63) is 39.7 Å². The number of hydrogen-bond acceptors (Lipinski definition) is 4. The maximum Gasteiger partial charge on any atom is 0.272 e. The number of nitro benzene ring substituents is 1. The number of benzene rings is 1. The lowest BCUT2D eigenvalue weighted by Crippen LogP contribution is -2.42. The van der Waals surface area contributed by atoms with Crippen LogP contribution < -0.4 is 5.32 Å². The van der Waals surface area contributed by atoms with Gasteiger partial charge >= 0.3 is 0 Å². The van der Waals surface area contributed by atoms with Crippen LogP contribution in [0.15, 0.2) is 18.2 Å². The van der Waals surface area contributed by atoms with Gasteiger partial charge in [-0.05, 0) is 25.5 Å². The van der Waals surface area contributed by atoms with Gasteiger partial charge in [-0.15, -0.1) is 0 Å². The average molecular weight is 242 g/mol. The standard InChI is InChI=1S/C11H15FN2O3/c1-11(2,7-15)13-6-8-3-9(12)5-10(4-8)14(16)17/h3-5,13,15H,6-7H2,1-2H3. The molecule has 0 unspecified atom stereocenters. The van der Waals surface area contributed by atoms with Crippen LogP contribution in [0.3, 0.4) is 0 Å². The van der Waals surface area contributed by atoms with E-state index in [2.05, 4.69) is 5.32 Å². The van der Waals surface area contributed by atoms with Crippen molar-refractivity contribution in [2.75, 3.05) is 6.61 Å². The normalized spacial score (nSPS) is 11.5. The third kappa shape index (κ3) is 4.08. The number of nitrogens with zero attached hydrogens (tertiary/aromatic N) is 1. The van der Waals surface area contributed by atoms with Crippen LogP contribution in [0.1, 0.15) is 19.4 Å². The van der Waals surface area contributed by atoms with E-state index in [-0.39, 0.29) is 18.8 Å². The van der Waals surface area contributed by atoms with Gasteiger partial charge in [-0.2, -0.15) is 0 Å². The molecule has 0 aliphatic carbocycles. The topological polar surface area (TPSA) is 75.4 Å². The Kier molecular flexibility index (Phi) is 4.14. The first-order valence-corrected chi connectivity index (χ1v) is 5.14. The highest BCUT2D eigenvalue weighted by Gasteiger charge is 2.16. The quantitative estimate of drug-likeness (QED) is 0.607. The van der Waals surface area contributed by atoms with Crippen molar-refractivity contribution in [2.45, 2.75) is 25.9 Å². The monoisotopic (exact) mass is 242 g/mol. The van der Waals surface area contributed by atoms with E-state index < -0.39 is 16.3 Å². The molecule has 0 atom stereocenters. The molecule has 2 N–H and O–H groups in total. The predicted octanol–water partition coefficient (Wildman–Crippen LogP) is 1.59. The maximum atomic E-state index is 13.1. The van der Waals surface area contributed by atoms with Gasteiger partial charge < -0.3 is 10.4 Å². The van der Waals surface area contributed by atoms with Gasteiger partial charge in [-0.1, -0.05) is 0 Å². The van der Waals surface area contributed by atoms with Gasteiger partial charge in [0, 0.05) is 18.2 Å². The number of nitro groups is 1. The van der Waals surface area contributed by atoms with Gasteiger partial charge in [0.25, 0.3) is 5.69 Å². The molecule has 0 spiro atoms. The molecule has 0 aromatic heterocycles. The summed E-state index contributed by atoms with van der Waals surface area (Å²) in [6.07, 6.45) is 0. The zero-order valence-corrected chi connectivity index (χ0v) is 9.74. The number of aliphatic hydroxyl groups excluding tert-OH is 1. The van der Waals surface area contributed by atoms with Crippen LogP contribution >= 0.6 is 0 Å². The van der Waals surface area contributed by atoms with Crippen molar-refractivity contribution >= 4 is 5.69 Å². The van der Waals surface area contributed by atoms with Crippen molar-refractivity contribution in [1.29, 1.82) is 0 Å². The summed E-state index contributed by atoms with van der Waals surface area (Å²) >= 11 is 0. The lowest BCUT2D eigenvalue weighted by molar-refractivity contribution is -0.385. The molecule has 1 aromatic rings. The smallest absolute Gasteiger partial charge is 0.272 e. The SMILES string of the molecule is CC(C)(CO)NCc1cc(F)cc([N+](=O)[O-])c1. The van der Waals surface area contributed by atoms with Gasteiger partial charge in [0.15, 0.2) is 0 Å². The second-order valence-corrected chi connectivity index (χ2v) is 4.47. The second kappa shape index (κ2) is 5.20. The predicted molar refractivity (Wildman–Crippen MR) is 61.1 cm³/mol. The lowest BCUT2D eigenvalue weighted by Gasteiger charge is -2.23. The first-order chi connectivity index (χ1) is 7.84. The van der Waals surface area contributed by atoms with Crippen molar-refractivity contribution in [3.8, 4) is 0 Å². The maximum absolute atomic E-state index is 13.1. The third-order valence-electron chi connectivity index (χ3n) is 2.32. The Labute approximate surface area is 98.4 Å². The molecular formula is C11H15FN2O3. The Morgan fingerprint density at radius 3 is 2.65 bits per heavy atom. The van der Waals surface area contributed by atoms with Crippen LogP contribution in [0.5, 0.6) is 0 Å². The Bertz CT molecular complexity index is 421. The molecule has 0 saturated carbocycles. The van der Waals surface area contributed by atoms with E-state index in [0.717, 1.165) is 6.07 Å². The summed E-state index contributed by atoms with van der Waals surface area (Å²) in [5.41, 5.74) is -0.317. The summed E-state index contributed by atoms with van der Waals surface area (Å²) in [6.45, 7) is 3.73. The number of aliphatic hydroxyl groups is 1. The number of hydrogen-bond donors (Lipinski definition) is 2. The van der Waals surface area contributed by atoms with Crippen LogP contribution in [-0.4, -0.2) is 22.2 Å². The number of halogens is 1. The highest BCUT2D eigenvalue weighted by atomic mass is 19.1. The third-order valence-corrected chi connectivity index (χ3v) is 2.32. The van der Waals surface area contributed by atoms with Crippen molar-refractivity contribution < 1.29 is 14.4 Å². The Morgan fingerprint density at radius 2 is 2.12 bits per heavy atom. The molecule has 0 fully saturated rings. The van der Waals surface area contributed by atoms with E-state index in [9.17, 15) is 14.5 Å². The molecule has 0 bridgehead atoms.